The molecular formula is C20H31BrIN3O. The van der Waals surface area contributed by atoms with E-state index in [0.29, 0.717) is 6.10 Å². The SMILES string of the molecule is CCNC(=NCC1(c2cccc(Br)c2)CC1)N1CCC(OCC)CC1.I. The molecule has 2 aliphatic rings. The van der Waals surface area contributed by atoms with E-state index in [0.717, 1.165) is 56.1 Å². The zero-order valence-corrected chi connectivity index (χ0v) is 19.8. The lowest BCUT2D eigenvalue weighted by molar-refractivity contribution is 0.0263. The Balaban J connectivity index is 0.00000243. The van der Waals surface area contributed by atoms with E-state index in [-0.39, 0.29) is 29.4 Å². The molecule has 4 nitrogen and oxygen atoms in total. The smallest absolute Gasteiger partial charge is 0.193 e. The lowest BCUT2D eigenvalue weighted by atomic mass is 9.96. The van der Waals surface area contributed by atoms with Gasteiger partial charge in [-0.1, -0.05) is 28.1 Å². The van der Waals surface area contributed by atoms with E-state index in [1.165, 1.54) is 18.4 Å². The van der Waals surface area contributed by atoms with Crippen LogP contribution in [0, 0.1) is 0 Å². The molecule has 1 aromatic rings. The highest BCUT2D eigenvalue weighted by Crippen LogP contribution is 2.48. The van der Waals surface area contributed by atoms with Gasteiger partial charge in [-0.05, 0) is 57.2 Å². The molecule has 1 aliphatic carbocycles. The number of guanidine groups is 1. The van der Waals surface area contributed by atoms with Gasteiger partial charge in [-0.25, -0.2) is 0 Å². The Morgan fingerprint density at radius 2 is 2.04 bits per heavy atom. The van der Waals surface area contributed by atoms with Gasteiger partial charge in [-0.3, -0.25) is 4.99 Å². The summed E-state index contributed by atoms with van der Waals surface area (Å²) >= 11 is 3.60. The second kappa shape index (κ2) is 10.3. The number of ether oxygens (including phenoxy) is 1. The van der Waals surface area contributed by atoms with Crippen LogP contribution in [0.3, 0.4) is 0 Å². The molecule has 1 aromatic carbocycles. The molecule has 146 valence electrons. The zero-order valence-electron chi connectivity index (χ0n) is 15.8. The molecule has 1 N–H and O–H groups in total. The van der Waals surface area contributed by atoms with E-state index in [1.54, 1.807) is 0 Å². The van der Waals surface area contributed by atoms with Gasteiger partial charge in [0.2, 0.25) is 0 Å². The minimum Gasteiger partial charge on any atom is -0.378 e. The van der Waals surface area contributed by atoms with E-state index < -0.39 is 0 Å². The summed E-state index contributed by atoms with van der Waals surface area (Å²) in [4.78, 5) is 7.42. The van der Waals surface area contributed by atoms with Crippen LogP contribution in [-0.2, 0) is 10.2 Å². The van der Waals surface area contributed by atoms with Gasteiger partial charge in [0.15, 0.2) is 5.96 Å². The number of halogens is 2. The maximum absolute atomic E-state index is 5.77. The fourth-order valence-electron chi connectivity index (χ4n) is 3.63. The predicted octanol–water partition coefficient (Wildman–Crippen LogP) is 4.57. The molecule has 0 unspecified atom stereocenters. The number of piperidine rings is 1. The highest BCUT2D eigenvalue weighted by molar-refractivity contribution is 14.0. The Kier molecular flexibility index (Phi) is 8.67. The van der Waals surface area contributed by atoms with Crippen molar-refractivity contribution in [2.45, 2.75) is 51.0 Å². The fraction of sp³-hybridized carbons (Fsp3) is 0.650. The first-order valence-electron chi connectivity index (χ1n) is 9.58. The number of benzene rings is 1. The molecule has 1 aliphatic heterocycles. The van der Waals surface area contributed by atoms with Crippen molar-refractivity contribution >= 4 is 45.9 Å². The van der Waals surface area contributed by atoms with Crippen molar-refractivity contribution in [2.75, 3.05) is 32.8 Å². The van der Waals surface area contributed by atoms with Gasteiger partial charge in [0.1, 0.15) is 0 Å². The molecule has 26 heavy (non-hydrogen) atoms. The standard InChI is InChI=1S/C20H30BrN3O.HI/c1-3-22-19(24-12-8-18(9-13-24)25-4-2)23-15-20(10-11-20)16-6-5-7-17(21)14-16;/h5-7,14,18H,3-4,8-13,15H2,1-2H3,(H,22,23);1H. The van der Waals surface area contributed by atoms with Crippen LogP contribution in [0.15, 0.2) is 33.7 Å². The normalized spacial score (nSPS) is 19.8. The molecule has 1 heterocycles. The summed E-state index contributed by atoms with van der Waals surface area (Å²) in [7, 11) is 0. The largest absolute Gasteiger partial charge is 0.378 e. The van der Waals surface area contributed by atoms with Crippen molar-refractivity contribution in [2.24, 2.45) is 4.99 Å². The third-order valence-corrected chi connectivity index (χ3v) is 5.79. The summed E-state index contributed by atoms with van der Waals surface area (Å²) in [6, 6.07) is 8.72. The lowest BCUT2D eigenvalue weighted by Crippen LogP contribution is -2.47. The molecule has 1 saturated carbocycles. The Morgan fingerprint density at radius 3 is 2.62 bits per heavy atom. The number of rotatable bonds is 6. The van der Waals surface area contributed by atoms with Crippen LogP contribution < -0.4 is 5.32 Å². The van der Waals surface area contributed by atoms with Gasteiger partial charge >= 0.3 is 0 Å². The monoisotopic (exact) mass is 535 g/mol. The molecule has 3 rings (SSSR count). The van der Waals surface area contributed by atoms with E-state index >= 15 is 0 Å². The van der Waals surface area contributed by atoms with Crippen molar-refractivity contribution in [3.05, 3.63) is 34.3 Å². The average molecular weight is 536 g/mol. The Morgan fingerprint density at radius 1 is 1.31 bits per heavy atom. The van der Waals surface area contributed by atoms with Crippen LogP contribution >= 0.6 is 39.9 Å². The quantitative estimate of drug-likeness (QED) is 0.329. The van der Waals surface area contributed by atoms with Crippen molar-refractivity contribution in [1.29, 1.82) is 0 Å². The molecule has 0 amide bonds. The van der Waals surface area contributed by atoms with Crippen molar-refractivity contribution < 1.29 is 4.74 Å². The maximum Gasteiger partial charge on any atom is 0.193 e. The molecule has 0 bridgehead atoms. The third-order valence-electron chi connectivity index (χ3n) is 5.30. The number of likely N-dealkylation sites (tertiary alicyclic amines) is 1. The molecule has 0 spiro atoms. The van der Waals surface area contributed by atoms with Crippen molar-refractivity contribution in [3.8, 4) is 0 Å². The average Bonchev–Trinajstić information content (AvgIpc) is 3.41. The molecular weight excluding hydrogens is 505 g/mol. The van der Waals surface area contributed by atoms with Crippen LogP contribution in [0.5, 0.6) is 0 Å². The number of hydrogen-bond acceptors (Lipinski definition) is 2. The Labute approximate surface area is 183 Å². The van der Waals surface area contributed by atoms with Gasteiger partial charge in [-0.2, -0.15) is 0 Å². The first-order chi connectivity index (χ1) is 12.2. The van der Waals surface area contributed by atoms with Crippen molar-refractivity contribution in [3.63, 3.8) is 0 Å². The summed E-state index contributed by atoms with van der Waals surface area (Å²) in [6.07, 6.45) is 5.07. The molecule has 0 atom stereocenters. The van der Waals surface area contributed by atoms with Crippen LogP contribution in [0.25, 0.3) is 0 Å². The maximum atomic E-state index is 5.77. The van der Waals surface area contributed by atoms with Crippen molar-refractivity contribution in [1.82, 2.24) is 10.2 Å². The van der Waals surface area contributed by atoms with Gasteiger partial charge in [-0.15, -0.1) is 24.0 Å². The second-order valence-electron chi connectivity index (χ2n) is 7.10. The molecule has 0 aromatic heterocycles. The minimum absolute atomic E-state index is 0. The van der Waals surface area contributed by atoms with Crippen LogP contribution in [0.4, 0.5) is 0 Å². The summed E-state index contributed by atoms with van der Waals surface area (Å²) in [5.41, 5.74) is 1.66. The number of aliphatic imine (C=N–C) groups is 1. The topological polar surface area (TPSA) is 36.9 Å². The van der Waals surface area contributed by atoms with E-state index in [4.69, 9.17) is 9.73 Å². The van der Waals surface area contributed by atoms with Gasteiger partial charge in [0.25, 0.3) is 0 Å². The first-order valence-corrected chi connectivity index (χ1v) is 10.4. The van der Waals surface area contributed by atoms with Crippen LogP contribution in [-0.4, -0.2) is 49.7 Å². The summed E-state index contributed by atoms with van der Waals surface area (Å²) in [5, 5.41) is 3.49. The molecule has 6 heteroatoms. The lowest BCUT2D eigenvalue weighted by Gasteiger charge is -2.34. The first kappa shape index (κ1) is 22.0. The van der Waals surface area contributed by atoms with Gasteiger partial charge < -0.3 is 15.0 Å². The van der Waals surface area contributed by atoms with Crippen LogP contribution in [0.1, 0.15) is 45.1 Å². The fourth-order valence-corrected chi connectivity index (χ4v) is 4.03. The summed E-state index contributed by atoms with van der Waals surface area (Å²) < 4.78 is 6.93. The molecule has 2 fully saturated rings. The predicted molar refractivity (Wildman–Crippen MR) is 123 cm³/mol. The zero-order chi connectivity index (χ0) is 17.7. The molecule has 1 saturated heterocycles. The number of nitrogens with zero attached hydrogens (tertiary/aromatic N) is 2. The van der Waals surface area contributed by atoms with Gasteiger partial charge in [0, 0.05) is 36.1 Å². The highest BCUT2D eigenvalue weighted by atomic mass is 127. The Bertz CT molecular complexity index is 598. The van der Waals surface area contributed by atoms with Crippen LogP contribution in [0.2, 0.25) is 0 Å². The second-order valence-corrected chi connectivity index (χ2v) is 8.02. The van der Waals surface area contributed by atoms with E-state index in [2.05, 4.69) is 64.3 Å². The van der Waals surface area contributed by atoms with Gasteiger partial charge in [0.05, 0.1) is 12.6 Å². The third kappa shape index (κ3) is 5.58. The molecule has 0 radical (unpaired) electrons. The van der Waals surface area contributed by atoms with E-state index in [1.807, 2.05) is 0 Å². The minimum atomic E-state index is 0. The summed E-state index contributed by atoms with van der Waals surface area (Å²) in [5.74, 6) is 1.07. The van der Waals surface area contributed by atoms with E-state index in [9.17, 15) is 0 Å². The summed E-state index contributed by atoms with van der Waals surface area (Å²) in [6.45, 7) is 8.87. The number of nitrogens with one attached hydrogen (secondary N) is 1. The number of hydrogen-bond donors (Lipinski definition) is 1. The Hall–Kier alpha value is -0.340. The highest BCUT2D eigenvalue weighted by Gasteiger charge is 2.44.